The van der Waals surface area contributed by atoms with Crippen molar-refractivity contribution in [2.24, 2.45) is 0 Å². The Bertz CT molecular complexity index is 772. The van der Waals surface area contributed by atoms with Crippen molar-refractivity contribution >= 4 is 17.9 Å². The number of carbonyl (C=O) groups is 2. The van der Waals surface area contributed by atoms with Gasteiger partial charge in [0.15, 0.2) is 0 Å². The Morgan fingerprint density at radius 1 is 1.07 bits per heavy atom. The SMILES string of the molecule is O=C(/C=C/c1ccccc1O)NO.O=C(c1cccnc1)N1CCCCC1. The van der Waals surface area contributed by atoms with Crippen molar-refractivity contribution in [3.05, 3.63) is 66.0 Å². The molecule has 1 saturated heterocycles. The molecule has 0 bridgehead atoms. The van der Waals surface area contributed by atoms with Crippen molar-refractivity contribution in [3.8, 4) is 5.75 Å². The minimum atomic E-state index is -0.636. The summed E-state index contributed by atoms with van der Waals surface area (Å²) >= 11 is 0. The van der Waals surface area contributed by atoms with Crippen LogP contribution in [0.1, 0.15) is 35.2 Å². The molecule has 0 spiro atoms. The summed E-state index contributed by atoms with van der Waals surface area (Å²) in [5.74, 6) is -0.425. The first-order chi connectivity index (χ1) is 13.1. The van der Waals surface area contributed by atoms with E-state index in [4.69, 9.17) is 5.21 Å². The van der Waals surface area contributed by atoms with Gasteiger partial charge in [0.25, 0.3) is 11.8 Å². The zero-order valence-corrected chi connectivity index (χ0v) is 14.9. The van der Waals surface area contributed by atoms with E-state index in [0.717, 1.165) is 32.0 Å². The summed E-state index contributed by atoms with van der Waals surface area (Å²) in [6.45, 7) is 1.79. The predicted molar refractivity (Wildman–Crippen MR) is 101 cm³/mol. The van der Waals surface area contributed by atoms with Crippen LogP contribution >= 0.6 is 0 Å². The number of phenolic OH excluding ortho intramolecular Hbond substituents is 1. The second kappa shape index (κ2) is 10.7. The van der Waals surface area contributed by atoms with Crippen LogP contribution in [-0.4, -0.2) is 45.1 Å². The maximum absolute atomic E-state index is 11.9. The number of nitrogens with zero attached hydrogens (tertiary/aromatic N) is 2. The van der Waals surface area contributed by atoms with Crippen molar-refractivity contribution in [2.45, 2.75) is 19.3 Å². The minimum absolute atomic E-state index is 0.0875. The zero-order chi connectivity index (χ0) is 19.5. The van der Waals surface area contributed by atoms with Gasteiger partial charge in [-0.15, -0.1) is 0 Å². The van der Waals surface area contributed by atoms with E-state index in [9.17, 15) is 14.7 Å². The van der Waals surface area contributed by atoms with Crippen LogP contribution in [0.25, 0.3) is 6.08 Å². The Morgan fingerprint density at radius 3 is 2.44 bits per heavy atom. The topological polar surface area (TPSA) is 103 Å². The highest BCUT2D eigenvalue weighted by molar-refractivity contribution is 5.94. The molecule has 1 aliphatic rings. The molecular weight excluding hydrogens is 346 g/mol. The van der Waals surface area contributed by atoms with Gasteiger partial charge in [-0.1, -0.05) is 18.2 Å². The number of pyridine rings is 1. The van der Waals surface area contributed by atoms with Crippen LogP contribution in [0.3, 0.4) is 0 Å². The lowest BCUT2D eigenvalue weighted by Gasteiger charge is -2.26. The Balaban J connectivity index is 0.000000194. The molecule has 0 saturated carbocycles. The molecule has 3 N–H and O–H groups in total. The van der Waals surface area contributed by atoms with Crippen molar-refractivity contribution in [1.82, 2.24) is 15.4 Å². The van der Waals surface area contributed by atoms with Gasteiger partial charge in [-0.25, -0.2) is 5.48 Å². The van der Waals surface area contributed by atoms with E-state index >= 15 is 0 Å². The number of hydrogen-bond donors (Lipinski definition) is 3. The molecule has 27 heavy (non-hydrogen) atoms. The summed E-state index contributed by atoms with van der Waals surface area (Å²) in [6.07, 6.45) is 9.36. The molecule has 3 rings (SSSR count). The summed E-state index contributed by atoms with van der Waals surface area (Å²) < 4.78 is 0. The van der Waals surface area contributed by atoms with E-state index < -0.39 is 5.91 Å². The van der Waals surface area contributed by atoms with Crippen molar-refractivity contribution in [2.75, 3.05) is 13.1 Å². The maximum Gasteiger partial charge on any atom is 0.267 e. The first-order valence-corrected chi connectivity index (χ1v) is 8.71. The van der Waals surface area contributed by atoms with Crippen LogP contribution in [0.2, 0.25) is 0 Å². The van der Waals surface area contributed by atoms with Gasteiger partial charge in [0.05, 0.1) is 5.56 Å². The maximum atomic E-state index is 11.9. The largest absolute Gasteiger partial charge is 0.507 e. The first-order valence-electron chi connectivity index (χ1n) is 8.71. The lowest BCUT2D eigenvalue weighted by atomic mass is 10.1. The van der Waals surface area contributed by atoms with Crippen LogP contribution in [-0.2, 0) is 4.79 Å². The molecule has 0 atom stereocenters. The highest BCUT2D eigenvalue weighted by Crippen LogP contribution is 2.16. The fraction of sp³-hybridized carbons (Fsp3) is 0.250. The molecule has 1 fully saturated rings. The molecule has 142 valence electrons. The number of benzene rings is 1. The summed E-state index contributed by atoms with van der Waals surface area (Å²) in [5, 5.41) is 17.4. The summed E-state index contributed by atoms with van der Waals surface area (Å²) in [6, 6.07) is 10.2. The van der Waals surface area contributed by atoms with Crippen LogP contribution in [0.15, 0.2) is 54.9 Å². The number of carbonyl (C=O) groups excluding carboxylic acids is 2. The highest BCUT2D eigenvalue weighted by atomic mass is 16.5. The normalized spacial score (nSPS) is 13.6. The highest BCUT2D eigenvalue weighted by Gasteiger charge is 2.17. The number of hydroxylamine groups is 1. The van der Waals surface area contributed by atoms with E-state index in [-0.39, 0.29) is 11.7 Å². The molecule has 0 aliphatic carbocycles. The van der Waals surface area contributed by atoms with Crippen molar-refractivity contribution in [3.63, 3.8) is 0 Å². The number of amides is 2. The van der Waals surface area contributed by atoms with Crippen LogP contribution < -0.4 is 5.48 Å². The van der Waals surface area contributed by atoms with Crippen LogP contribution in [0.4, 0.5) is 0 Å². The molecule has 2 amide bonds. The van der Waals surface area contributed by atoms with Gasteiger partial charge < -0.3 is 10.0 Å². The van der Waals surface area contributed by atoms with Crippen molar-refractivity contribution < 1.29 is 19.9 Å². The van der Waals surface area contributed by atoms with Gasteiger partial charge in [-0.3, -0.25) is 19.8 Å². The van der Waals surface area contributed by atoms with E-state index in [1.165, 1.54) is 24.0 Å². The zero-order valence-electron chi connectivity index (χ0n) is 14.9. The van der Waals surface area contributed by atoms with Gasteiger partial charge in [0.1, 0.15) is 5.75 Å². The Hall–Kier alpha value is -3.19. The molecule has 2 aromatic rings. The van der Waals surface area contributed by atoms with E-state index in [1.54, 1.807) is 36.7 Å². The van der Waals surface area contributed by atoms with Gasteiger partial charge in [-0.2, -0.15) is 0 Å². The fourth-order valence-electron chi connectivity index (χ4n) is 2.60. The number of phenols is 1. The number of rotatable bonds is 3. The predicted octanol–water partition coefficient (Wildman–Crippen LogP) is 2.62. The molecular formula is C20H23N3O4. The van der Waals surface area contributed by atoms with Gasteiger partial charge >= 0.3 is 0 Å². The molecule has 7 heteroatoms. The quantitative estimate of drug-likeness (QED) is 0.438. The molecule has 0 unspecified atom stereocenters. The lowest BCUT2D eigenvalue weighted by molar-refractivity contribution is -0.124. The van der Waals surface area contributed by atoms with Gasteiger partial charge in [0, 0.05) is 37.1 Å². The molecule has 0 radical (unpaired) electrons. The standard InChI is InChI=1S/C11H14N2O.C9H9NO3/c14-11(10-5-4-6-12-9-10)13-7-2-1-3-8-13;11-8-4-2-1-3-7(8)5-6-9(12)10-13/h4-6,9H,1-3,7-8H2;1-6,11,13H,(H,10,12)/b;6-5+. The van der Waals surface area contributed by atoms with E-state index in [1.807, 2.05) is 11.0 Å². The number of likely N-dealkylation sites (tertiary alicyclic amines) is 1. The summed E-state index contributed by atoms with van der Waals surface area (Å²) in [4.78, 5) is 28.3. The van der Waals surface area contributed by atoms with Crippen LogP contribution in [0.5, 0.6) is 5.75 Å². The lowest BCUT2D eigenvalue weighted by Crippen LogP contribution is -2.35. The second-order valence-electron chi connectivity index (χ2n) is 5.96. The van der Waals surface area contributed by atoms with E-state index in [2.05, 4.69) is 4.98 Å². The summed E-state index contributed by atoms with van der Waals surface area (Å²) in [7, 11) is 0. The Morgan fingerprint density at radius 2 is 1.81 bits per heavy atom. The monoisotopic (exact) mass is 369 g/mol. The van der Waals surface area contributed by atoms with Gasteiger partial charge in [0.2, 0.25) is 0 Å². The smallest absolute Gasteiger partial charge is 0.267 e. The summed E-state index contributed by atoms with van der Waals surface area (Å²) in [5.41, 5.74) is 2.67. The van der Waals surface area contributed by atoms with E-state index in [0.29, 0.717) is 11.1 Å². The number of para-hydroxylation sites is 1. The number of piperidine rings is 1. The molecule has 1 aliphatic heterocycles. The third-order valence-corrected chi connectivity index (χ3v) is 4.01. The third kappa shape index (κ3) is 6.56. The molecule has 1 aromatic carbocycles. The minimum Gasteiger partial charge on any atom is -0.507 e. The Kier molecular flexibility index (Phi) is 7.99. The Labute approximate surface area is 157 Å². The number of hydrogen-bond acceptors (Lipinski definition) is 5. The van der Waals surface area contributed by atoms with Crippen molar-refractivity contribution in [1.29, 1.82) is 0 Å². The number of nitrogens with one attached hydrogen (secondary N) is 1. The first kappa shape index (κ1) is 20.1. The van der Waals surface area contributed by atoms with Crippen LogP contribution in [0, 0.1) is 0 Å². The molecule has 2 heterocycles. The molecule has 1 aromatic heterocycles. The molecule has 7 nitrogen and oxygen atoms in total. The third-order valence-electron chi connectivity index (χ3n) is 4.01. The van der Waals surface area contributed by atoms with Gasteiger partial charge in [-0.05, 0) is 43.5 Å². The second-order valence-corrected chi connectivity index (χ2v) is 5.96. The average molecular weight is 369 g/mol. The average Bonchev–Trinajstić information content (AvgIpc) is 2.74. The number of aromatic nitrogens is 1. The number of aromatic hydroxyl groups is 1. The fourth-order valence-corrected chi connectivity index (χ4v) is 2.60.